The van der Waals surface area contributed by atoms with Crippen LogP contribution >= 0.6 is 23.4 Å². The number of nitrogens with zero attached hydrogens (tertiary/aromatic N) is 2. The number of amides is 2. The number of halogens is 1. The lowest BCUT2D eigenvalue weighted by Gasteiger charge is -2.27. The van der Waals surface area contributed by atoms with Crippen molar-refractivity contribution in [3.8, 4) is 0 Å². The van der Waals surface area contributed by atoms with Gasteiger partial charge in [0.1, 0.15) is 5.25 Å². The number of aliphatic imine (C=N–C) groups is 1. The second-order valence-corrected chi connectivity index (χ2v) is 7.25. The predicted octanol–water partition coefficient (Wildman–Crippen LogP) is 3.15. The first-order valence-electron chi connectivity index (χ1n) is 7.71. The van der Waals surface area contributed by atoms with Crippen LogP contribution in [0.5, 0.6) is 0 Å². The number of benzene rings is 1. The number of likely N-dealkylation sites (tertiary alicyclic amines) is 1. The Morgan fingerprint density at radius 2 is 1.96 bits per heavy atom. The van der Waals surface area contributed by atoms with Gasteiger partial charge in [0.15, 0.2) is 5.17 Å². The van der Waals surface area contributed by atoms with Crippen LogP contribution in [0.3, 0.4) is 0 Å². The minimum Gasteiger partial charge on any atom is -0.351 e. The van der Waals surface area contributed by atoms with Gasteiger partial charge in [0.05, 0.1) is 0 Å². The summed E-state index contributed by atoms with van der Waals surface area (Å²) in [4.78, 5) is 30.4. The molecule has 1 unspecified atom stereocenters. The fourth-order valence-electron chi connectivity index (χ4n) is 2.64. The first-order valence-corrected chi connectivity index (χ1v) is 8.97. The molecule has 0 spiro atoms. The molecular formula is C16H18ClN3O2S. The molecule has 1 fully saturated rings. The maximum Gasteiger partial charge on any atom is 0.262 e. The Hall–Kier alpha value is -1.53. The summed E-state index contributed by atoms with van der Waals surface area (Å²) in [7, 11) is 0. The summed E-state index contributed by atoms with van der Waals surface area (Å²) in [6.07, 6.45) is 3.63. The summed E-state index contributed by atoms with van der Waals surface area (Å²) in [5.41, 5.74) is 0.673. The predicted molar refractivity (Wildman–Crippen MR) is 93.9 cm³/mol. The number of hydrogen-bond acceptors (Lipinski definition) is 4. The number of anilines is 1. The molecule has 2 heterocycles. The van der Waals surface area contributed by atoms with Gasteiger partial charge in [-0.1, -0.05) is 23.4 Å². The molecule has 1 N–H and O–H groups in total. The Morgan fingerprint density at radius 1 is 1.26 bits per heavy atom. The summed E-state index contributed by atoms with van der Waals surface area (Å²) < 4.78 is 0. The molecule has 1 atom stereocenters. The fraction of sp³-hybridized carbons (Fsp3) is 0.438. The summed E-state index contributed by atoms with van der Waals surface area (Å²) in [6, 6.07) is 6.90. The lowest BCUT2D eigenvalue weighted by atomic mass is 10.1. The van der Waals surface area contributed by atoms with E-state index < -0.39 is 5.25 Å². The van der Waals surface area contributed by atoms with Gasteiger partial charge in [0, 0.05) is 30.2 Å². The van der Waals surface area contributed by atoms with Crippen molar-refractivity contribution in [3.05, 3.63) is 29.3 Å². The molecule has 5 nitrogen and oxygen atoms in total. The van der Waals surface area contributed by atoms with Gasteiger partial charge in [-0.3, -0.25) is 9.59 Å². The second-order valence-electron chi connectivity index (χ2n) is 5.65. The van der Waals surface area contributed by atoms with Gasteiger partial charge in [0.25, 0.3) is 5.91 Å². The Bertz CT molecular complexity index is 627. The summed E-state index contributed by atoms with van der Waals surface area (Å²) in [6.45, 7) is 1.89. The molecule has 0 radical (unpaired) electrons. The van der Waals surface area contributed by atoms with Gasteiger partial charge in [-0.25, -0.2) is 0 Å². The van der Waals surface area contributed by atoms with Crippen LogP contribution in [0.4, 0.5) is 5.69 Å². The highest BCUT2D eigenvalue weighted by molar-refractivity contribution is 8.15. The highest BCUT2D eigenvalue weighted by Gasteiger charge is 2.33. The molecule has 1 saturated heterocycles. The van der Waals surface area contributed by atoms with Crippen molar-refractivity contribution in [1.29, 1.82) is 0 Å². The molecule has 0 aliphatic carbocycles. The van der Waals surface area contributed by atoms with Crippen LogP contribution in [0.15, 0.2) is 29.3 Å². The number of nitrogens with one attached hydrogen (secondary N) is 1. The van der Waals surface area contributed by atoms with Gasteiger partial charge in [0.2, 0.25) is 5.91 Å². The topological polar surface area (TPSA) is 61.8 Å². The Labute approximate surface area is 144 Å². The summed E-state index contributed by atoms with van der Waals surface area (Å²) >= 11 is 7.23. The van der Waals surface area contributed by atoms with Crippen molar-refractivity contribution >= 4 is 46.0 Å². The van der Waals surface area contributed by atoms with Gasteiger partial charge in [-0.15, -0.1) is 0 Å². The van der Waals surface area contributed by atoms with E-state index >= 15 is 0 Å². The van der Waals surface area contributed by atoms with Crippen LogP contribution in [-0.4, -0.2) is 40.2 Å². The van der Waals surface area contributed by atoms with E-state index in [1.165, 1.54) is 18.2 Å². The zero-order valence-electron chi connectivity index (χ0n) is 12.6. The molecular weight excluding hydrogens is 334 g/mol. The van der Waals surface area contributed by atoms with Crippen molar-refractivity contribution in [1.82, 2.24) is 4.90 Å². The number of rotatable bonds is 3. The molecule has 3 rings (SSSR count). The smallest absolute Gasteiger partial charge is 0.262 e. The van der Waals surface area contributed by atoms with Crippen LogP contribution in [0.2, 0.25) is 5.02 Å². The maximum atomic E-state index is 12.1. The number of piperidine rings is 1. The standard InChI is InChI=1S/C16H18ClN3O2S/c17-11-4-6-12(7-5-11)18-14(21)10-13-15(22)19-16(23-13)20-8-2-1-3-9-20/h4-7,13H,1-3,8-10H2,(H,18,21). The van der Waals surface area contributed by atoms with Crippen LogP contribution in [-0.2, 0) is 9.59 Å². The van der Waals surface area contributed by atoms with Crippen molar-refractivity contribution in [2.45, 2.75) is 30.9 Å². The number of amidine groups is 1. The minimum atomic E-state index is -0.417. The quantitative estimate of drug-likeness (QED) is 0.908. The van der Waals surface area contributed by atoms with Gasteiger partial charge >= 0.3 is 0 Å². The third kappa shape index (κ3) is 4.26. The zero-order valence-corrected chi connectivity index (χ0v) is 14.2. The highest BCUT2D eigenvalue weighted by atomic mass is 35.5. The molecule has 2 amide bonds. The first kappa shape index (κ1) is 16.3. The van der Waals surface area contributed by atoms with E-state index in [-0.39, 0.29) is 18.2 Å². The van der Waals surface area contributed by atoms with Gasteiger partial charge in [-0.05, 0) is 43.5 Å². The summed E-state index contributed by atoms with van der Waals surface area (Å²) in [5.74, 6) is -0.393. The molecule has 1 aromatic carbocycles. The minimum absolute atomic E-state index is 0.132. The van der Waals surface area contributed by atoms with E-state index in [0.29, 0.717) is 10.7 Å². The lowest BCUT2D eigenvalue weighted by Crippen LogP contribution is -2.33. The fourth-order valence-corrected chi connectivity index (χ4v) is 3.89. The van der Waals surface area contributed by atoms with Crippen LogP contribution in [0.25, 0.3) is 0 Å². The van der Waals surface area contributed by atoms with Crippen molar-refractivity contribution in [3.63, 3.8) is 0 Å². The first-order chi connectivity index (χ1) is 11.1. The van der Waals surface area contributed by atoms with Gasteiger partial charge < -0.3 is 10.2 Å². The third-order valence-corrected chi connectivity index (χ3v) is 5.32. The normalized spacial score (nSPS) is 21.3. The Balaban J connectivity index is 1.53. The van der Waals surface area contributed by atoms with Crippen molar-refractivity contribution in [2.24, 2.45) is 4.99 Å². The monoisotopic (exact) mass is 351 g/mol. The molecule has 0 saturated carbocycles. The average molecular weight is 352 g/mol. The number of carbonyl (C=O) groups is 2. The zero-order chi connectivity index (χ0) is 16.2. The largest absolute Gasteiger partial charge is 0.351 e. The number of thioether (sulfide) groups is 1. The second kappa shape index (κ2) is 7.36. The van der Waals surface area contributed by atoms with E-state index in [9.17, 15) is 9.59 Å². The molecule has 122 valence electrons. The van der Waals surface area contributed by atoms with E-state index in [4.69, 9.17) is 11.6 Å². The van der Waals surface area contributed by atoms with E-state index in [1.807, 2.05) is 0 Å². The Kier molecular flexibility index (Phi) is 5.23. The van der Waals surface area contributed by atoms with Crippen molar-refractivity contribution in [2.75, 3.05) is 18.4 Å². The SMILES string of the molecule is O=C(CC1SC(N2CCCCC2)=NC1=O)Nc1ccc(Cl)cc1. The van der Waals surface area contributed by atoms with E-state index in [1.54, 1.807) is 24.3 Å². The molecule has 0 aromatic heterocycles. The van der Waals surface area contributed by atoms with Gasteiger partial charge in [-0.2, -0.15) is 4.99 Å². The molecule has 2 aliphatic heterocycles. The average Bonchev–Trinajstić information content (AvgIpc) is 2.91. The van der Waals surface area contributed by atoms with Crippen molar-refractivity contribution < 1.29 is 9.59 Å². The molecule has 7 heteroatoms. The summed E-state index contributed by atoms with van der Waals surface area (Å²) in [5, 5.41) is 3.76. The third-order valence-electron chi connectivity index (χ3n) is 3.85. The maximum absolute atomic E-state index is 12.1. The lowest BCUT2D eigenvalue weighted by molar-refractivity contribution is -0.121. The highest BCUT2D eigenvalue weighted by Crippen LogP contribution is 2.29. The molecule has 1 aromatic rings. The molecule has 2 aliphatic rings. The number of hydrogen-bond donors (Lipinski definition) is 1. The number of carbonyl (C=O) groups excluding carboxylic acids is 2. The van der Waals surface area contributed by atoms with Crippen LogP contribution in [0.1, 0.15) is 25.7 Å². The van der Waals surface area contributed by atoms with Crippen LogP contribution in [0, 0.1) is 0 Å². The molecule has 0 bridgehead atoms. The molecule has 23 heavy (non-hydrogen) atoms. The van der Waals surface area contributed by atoms with Crippen LogP contribution < -0.4 is 5.32 Å². The van der Waals surface area contributed by atoms with E-state index in [2.05, 4.69) is 15.2 Å². The Morgan fingerprint density at radius 3 is 2.65 bits per heavy atom. The van der Waals surface area contributed by atoms with E-state index in [0.717, 1.165) is 31.1 Å².